The SMILES string of the molecule is Cc1ccc(CCCC(=O)NC(C)(C)CN)cc1.Cl. The van der Waals surface area contributed by atoms with Gasteiger partial charge in [0.1, 0.15) is 0 Å². The summed E-state index contributed by atoms with van der Waals surface area (Å²) >= 11 is 0. The second-order valence-electron chi connectivity index (χ2n) is 5.48. The summed E-state index contributed by atoms with van der Waals surface area (Å²) in [6.07, 6.45) is 2.36. The van der Waals surface area contributed by atoms with Gasteiger partial charge in [-0.25, -0.2) is 0 Å². The second-order valence-corrected chi connectivity index (χ2v) is 5.48. The van der Waals surface area contributed by atoms with Gasteiger partial charge in [0.15, 0.2) is 0 Å². The Morgan fingerprint density at radius 1 is 1.26 bits per heavy atom. The third-order valence-corrected chi connectivity index (χ3v) is 2.98. The first-order valence-electron chi connectivity index (χ1n) is 6.49. The van der Waals surface area contributed by atoms with E-state index in [4.69, 9.17) is 5.73 Å². The minimum Gasteiger partial charge on any atom is -0.350 e. The van der Waals surface area contributed by atoms with E-state index in [1.165, 1.54) is 11.1 Å². The molecule has 1 aromatic carbocycles. The molecule has 3 N–H and O–H groups in total. The molecule has 0 heterocycles. The van der Waals surface area contributed by atoms with E-state index < -0.39 is 0 Å². The van der Waals surface area contributed by atoms with Crippen molar-refractivity contribution < 1.29 is 4.79 Å². The predicted octanol–water partition coefficient (Wildman–Crippen LogP) is 2.59. The highest BCUT2D eigenvalue weighted by atomic mass is 35.5. The molecule has 0 aromatic heterocycles. The summed E-state index contributed by atoms with van der Waals surface area (Å²) in [5.74, 6) is 0.0811. The smallest absolute Gasteiger partial charge is 0.220 e. The van der Waals surface area contributed by atoms with Crippen LogP contribution in [-0.2, 0) is 11.2 Å². The largest absolute Gasteiger partial charge is 0.350 e. The molecule has 0 aliphatic heterocycles. The zero-order chi connectivity index (χ0) is 13.6. The van der Waals surface area contributed by atoms with E-state index in [9.17, 15) is 4.79 Å². The standard InChI is InChI=1S/C15H24N2O.ClH/c1-12-7-9-13(10-8-12)5-4-6-14(18)17-15(2,3)11-16;/h7-10H,4-6,11,16H2,1-3H3,(H,17,18);1H. The number of hydrogen-bond acceptors (Lipinski definition) is 2. The van der Waals surface area contributed by atoms with Crippen LogP contribution >= 0.6 is 12.4 Å². The first-order chi connectivity index (χ1) is 8.43. The molecule has 0 atom stereocenters. The lowest BCUT2D eigenvalue weighted by Gasteiger charge is -2.24. The number of aryl methyl sites for hydroxylation is 2. The van der Waals surface area contributed by atoms with Gasteiger partial charge in [-0.15, -0.1) is 12.4 Å². The molecule has 0 spiro atoms. The van der Waals surface area contributed by atoms with Gasteiger partial charge in [-0.05, 0) is 39.2 Å². The van der Waals surface area contributed by atoms with Gasteiger partial charge in [-0.3, -0.25) is 4.79 Å². The molecule has 0 unspecified atom stereocenters. The molecule has 0 fully saturated rings. The van der Waals surface area contributed by atoms with Gasteiger partial charge in [0.05, 0.1) is 0 Å². The van der Waals surface area contributed by atoms with Crippen molar-refractivity contribution in [2.45, 2.75) is 45.6 Å². The van der Waals surface area contributed by atoms with Crippen LogP contribution in [0.3, 0.4) is 0 Å². The van der Waals surface area contributed by atoms with Gasteiger partial charge in [-0.2, -0.15) is 0 Å². The van der Waals surface area contributed by atoms with Crippen molar-refractivity contribution in [1.29, 1.82) is 0 Å². The highest BCUT2D eigenvalue weighted by Gasteiger charge is 2.17. The van der Waals surface area contributed by atoms with E-state index in [1.54, 1.807) is 0 Å². The average Bonchev–Trinajstić information content (AvgIpc) is 2.31. The van der Waals surface area contributed by atoms with Crippen LogP contribution in [-0.4, -0.2) is 18.0 Å². The summed E-state index contributed by atoms with van der Waals surface area (Å²) in [5.41, 5.74) is 7.82. The molecular weight excluding hydrogens is 260 g/mol. The van der Waals surface area contributed by atoms with Gasteiger partial charge >= 0.3 is 0 Å². The Kier molecular flexibility index (Phi) is 7.72. The lowest BCUT2D eigenvalue weighted by Crippen LogP contribution is -2.48. The van der Waals surface area contributed by atoms with Crippen LogP contribution in [0.5, 0.6) is 0 Å². The number of halogens is 1. The van der Waals surface area contributed by atoms with Gasteiger partial charge in [-0.1, -0.05) is 29.8 Å². The molecule has 108 valence electrons. The van der Waals surface area contributed by atoms with Gasteiger partial charge in [0.2, 0.25) is 5.91 Å². The zero-order valence-corrected chi connectivity index (χ0v) is 12.8. The monoisotopic (exact) mass is 284 g/mol. The van der Waals surface area contributed by atoms with Gasteiger partial charge < -0.3 is 11.1 Å². The number of nitrogens with two attached hydrogens (primary N) is 1. The average molecular weight is 285 g/mol. The van der Waals surface area contributed by atoms with Crippen molar-refractivity contribution in [2.24, 2.45) is 5.73 Å². The molecule has 1 aromatic rings. The van der Waals surface area contributed by atoms with Crippen molar-refractivity contribution >= 4 is 18.3 Å². The summed E-state index contributed by atoms with van der Waals surface area (Å²) in [7, 11) is 0. The quantitative estimate of drug-likeness (QED) is 0.844. The molecule has 19 heavy (non-hydrogen) atoms. The number of benzene rings is 1. The Labute approximate surface area is 122 Å². The minimum atomic E-state index is -0.305. The summed E-state index contributed by atoms with van der Waals surface area (Å²) in [5, 5.41) is 2.94. The van der Waals surface area contributed by atoms with E-state index in [0.717, 1.165) is 12.8 Å². The Balaban J connectivity index is 0.00000324. The molecule has 0 aliphatic rings. The third-order valence-electron chi connectivity index (χ3n) is 2.98. The van der Waals surface area contributed by atoms with Crippen LogP contribution in [0.2, 0.25) is 0 Å². The number of carbonyl (C=O) groups is 1. The topological polar surface area (TPSA) is 55.1 Å². The Morgan fingerprint density at radius 2 is 1.84 bits per heavy atom. The van der Waals surface area contributed by atoms with E-state index in [1.807, 2.05) is 13.8 Å². The number of nitrogens with one attached hydrogen (secondary N) is 1. The molecule has 0 radical (unpaired) electrons. The number of rotatable bonds is 6. The summed E-state index contributed by atoms with van der Waals surface area (Å²) in [4.78, 5) is 11.7. The lowest BCUT2D eigenvalue weighted by molar-refractivity contribution is -0.122. The van der Waals surface area contributed by atoms with Crippen LogP contribution in [0.4, 0.5) is 0 Å². The van der Waals surface area contributed by atoms with Crippen LogP contribution in [0.15, 0.2) is 24.3 Å². The molecule has 0 bridgehead atoms. The van der Waals surface area contributed by atoms with Crippen LogP contribution in [0.25, 0.3) is 0 Å². The molecule has 0 saturated carbocycles. The Hall–Kier alpha value is -1.06. The fraction of sp³-hybridized carbons (Fsp3) is 0.533. The second kappa shape index (κ2) is 8.18. The molecule has 0 saturated heterocycles. The van der Waals surface area contributed by atoms with Gasteiger partial charge in [0, 0.05) is 18.5 Å². The van der Waals surface area contributed by atoms with E-state index in [0.29, 0.717) is 13.0 Å². The van der Waals surface area contributed by atoms with Crippen LogP contribution in [0.1, 0.15) is 37.8 Å². The van der Waals surface area contributed by atoms with E-state index in [2.05, 4.69) is 36.5 Å². The Morgan fingerprint density at radius 3 is 2.37 bits per heavy atom. The van der Waals surface area contributed by atoms with Crippen molar-refractivity contribution in [1.82, 2.24) is 5.32 Å². The highest BCUT2D eigenvalue weighted by Crippen LogP contribution is 2.08. The van der Waals surface area contributed by atoms with E-state index in [-0.39, 0.29) is 23.9 Å². The van der Waals surface area contributed by atoms with Crippen molar-refractivity contribution in [3.8, 4) is 0 Å². The molecule has 4 heteroatoms. The predicted molar refractivity (Wildman–Crippen MR) is 82.6 cm³/mol. The van der Waals surface area contributed by atoms with E-state index >= 15 is 0 Å². The number of carbonyl (C=O) groups excluding carboxylic acids is 1. The van der Waals surface area contributed by atoms with Crippen LogP contribution in [0, 0.1) is 6.92 Å². The zero-order valence-electron chi connectivity index (χ0n) is 12.0. The first-order valence-corrected chi connectivity index (χ1v) is 6.49. The third kappa shape index (κ3) is 7.19. The molecule has 3 nitrogen and oxygen atoms in total. The normalized spacial score (nSPS) is 10.7. The molecule has 0 aliphatic carbocycles. The first kappa shape index (κ1) is 17.9. The lowest BCUT2D eigenvalue weighted by atomic mass is 10.0. The fourth-order valence-electron chi connectivity index (χ4n) is 1.70. The maximum atomic E-state index is 11.7. The summed E-state index contributed by atoms with van der Waals surface area (Å²) < 4.78 is 0. The van der Waals surface area contributed by atoms with Crippen LogP contribution < -0.4 is 11.1 Å². The van der Waals surface area contributed by atoms with Gasteiger partial charge in [0.25, 0.3) is 0 Å². The molecule has 1 amide bonds. The Bertz CT molecular complexity index is 388. The highest BCUT2D eigenvalue weighted by molar-refractivity contribution is 5.85. The number of hydrogen-bond donors (Lipinski definition) is 2. The van der Waals surface area contributed by atoms with Crippen molar-refractivity contribution in [2.75, 3.05) is 6.54 Å². The summed E-state index contributed by atoms with van der Waals surface area (Å²) in [6, 6.07) is 8.45. The maximum absolute atomic E-state index is 11.7. The number of amides is 1. The fourth-order valence-corrected chi connectivity index (χ4v) is 1.70. The maximum Gasteiger partial charge on any atom is 0.220 e. The van der Waals surface area contributed by atoms with Crippen molar-refractivity contribution in [3.05, 3.63) is 35.4 Å². The minimum absolute atomic E-state index is 0. The molecule has 1 rings (SSSR count). The summed E-state index contributed by atoms with van der Waals surface area (Å²) in [6.45, 7) is 6.40. The molecular formula is C15H25ClN2O. The van der Waals surface area contributed by atoms with Crippen molar-refractivity contribution in [3.63, 3.8) is 0 Å².